The molecule has 5 fully saturated rings. The van der Waals surface area contributed by atoms with Crippen molar-refractivity contribution in [2.24, 2.45) is 22.2 Å². The Bertz CT molecular complexity index is 867. The smallest absolute Gasteiger partial charge is 0.164 e. The number of ketones is 1. The van der Waals surface area contributed by atoms with Gasteiger partial charge in [-0.2, -0.15) is 0 Å². The first-order valence-corrected chi connectivity index (χ1v) is 14.4. The Labute approximate surface area is 213 Å². The zero-order valence-corrected chi connectivity index (χ0v) is 23.5. The van der Waals surface area contributed by atoms with Crippen LogP contribution in [-0.4, -0.2) is 52.1 Å². The molecular weight excluding hydrogens is 440 g/mol. The average Bonchev–Trinajstić information content (AvgIpc) is 3.29. The molecule has 3 saturated heterocycles. The van der Waals surface area contributed by atoms with Gasteiger partial charge in [-0.1, -0.05) is 27.7 Å². The normalized spacial score (nSPS) is 53.6. The second-order valence-electron chi connectivity index (χ2n) is 14.6. The van der Waals surface area contributed by atoms with E-state index in [1.165, 1.54) is 0 Å². The number of carbonyl (C=O) groups is 1. The summed E-state index contributed by atoms with van der Waals surface area (Å²) in [6.07, 6.45) is 9.35. The lowest BCUT2D eigenvalue weighted by atomic mass is 9.55. The highest BCUT2D eigenvalue weighted by atomic mass is 16.5. The van der Waals surface area contributed by atoms with Gasteiger partial charge < -0.3 is 19.3 Å². The summed E-state index contributed by atoms with van der Waals surface area (Å²) >= 11 is 0. The molecule has 2 saturated carbocycles. The molecule has 1 spiro atoms. The molecule has 0 aromatic carbocycles. The van der Waals surface area contributed by atoms with Crippen molar-refractivity contribution in [3.8, 4) is 0 Å². The number of carbonyl (C=O) groups excluding carboxylic acids is 1. The molecule has 5 nitrogen and oxygen atoms in total. The molecule has 3 heterocycles. The van der Waals surface area contributed by atoms with Crippen molar-refractivity contribution in [1.29, 1.82) is 0 Å². The minimum atomic E-state index is -0.699. The summed E-state index contributed by atoms with van der Waals surface area (Å²) in [7, 11) is 0. The molecule has 0 amide bonds. The van der Waals surface area contributed by atoms with Crippen molar-refractivity contribution >= 4 is 5.78 Å². The first-order chi connectivity index (χ1) is 16.1. The van der Waals surface area contributed by atoms with Crippen LogP contribution in [0, 0.1) is 22.2 Å². The van der Waals surface area contributed by atoms with Crippen LogP contribution in [0.3, 0.4) is 0 Å². The number of aliphatic hydroxyl groups is 1. The quantitative estimate of drug-likeness (QED) is 0.489. The van der Waals surface area contributed by atoms with E-state index in [1.807, 2.05) is 27.7 Å². The zero-order valence-electron chi connectivity index (χ0n) is 23.5. The van der Waals surface area contributed by atoms with Gasteiger partial charge in [0.2, 0.25) is 0 Å². The number of hydrogen-bond acceptors (Lipinski definition) is 5. The number of aliphatic hydroxyl groups excluding tert-OH is 1. The highest BCUT2D eigenvalue weighted by Crippen LogP contribution is 2.67. The molecule has 35 heavy (non-hydrogen) atoms. The van der Waals surface area contributed by atoms with Crippen LogP contribution in [0.15, 0.2) is 0 Å². The molecule has 0 bridgehead atoms. The van der Waals surface area contributed by atoms with E-state index in [0.717, 1.165) is 57.8 Å². The summed E-state index contributed by atoms with van der Waals surface area (Å²) in [5.74, 6) is 0.683. The lowest BCUT2D eigenvalue weighted by Gasteiger charge is -2.58. The molecule has 0 radical (unpaired) electrons. The van der Waals surface area contributed by atoms with E-state index in [4.69, 9.17) is 14.2 Å². The van der Waals surface area contributed by atoms with E-state index in [2.05, 4.69) is 27.7 Å². The molecule has 3 aliphatic heterocycles. The van der Waals surface area contributed by atoms with Crippen LogP contribution in [0.5, 0.6) is 0 Å². The van der Waals surface area contributed by atoms with E-state index >= 15 is 0 Å². The largest absolute Gasteiger partial charge is 0.390 e. The Balaban J connectivity index is 1.47. The third-order valence-corrected chi connectivity index (χ3v) is 12.3. The van der Waals surface area contributed by atoms with Gasteiger partial charge in [0.15, 0.2) is 5.78 Å². The maximum absolute atomic E-state index is 12.8. The van der Waals surface area contributed by atoms with Crippen LogP contribution < -0.4 is 0 Å². The van der Waals surface area contributed by atoms with E-state index in [-0.39, 0.29) is 45.9 Å². The minimum Gasteiger partial charge on any atom is -0.390 e. The molecule has 1 N–H and O–H groups in total. The number of rotatable bonds is 1. The summed E-state index contributed by atoms with van der Waals surface area (Å²) < 4.78 is 20.7. The molecule has 5 rings (SSSR count). The Morgan fingerprint density at radius 3 is 1.97 bits per heavy atom. The molecule has 0 aromatic heterocycles. The van der Waals surface area contributed by atoms with Crippen LogP contribution in [0.4, 0.5) is 0 Å². The van der Waals surface area contributed by atoms with Crippen LogP contribution in [0.1, 0.15) is 120 Å². The predicted molar refractivity (Wildman–Crippen MR) is 136 cm³/mol. The number of hydrogen-bond donors (Lipinski definition) is 1. The van der Waals surface area contributed by atoms with Crippen molar-refractivity contribution < 1.29 is 24.1 Å². The van der Waals surface area contributed by atoms with Crippen molar-refractivity contribution in [3.63, 3.8) is 0 Å². The standard InChI is InChI=1S/C30H50O5/c1-19-9-10-22-29(8,16-12-21(32)25(2,3)33-22)30(19)18-14-24(35-30)28(7)17-13-23-27(28,6)15-11-20(31)26(4,5)34-23/h19,21-24,32H,9-18H2,1-8H3/t19-,21?,22-,23?,24-,27+,28+,29?,30-/m0/s1. The number of Topliss-reactive ketones (excluding diaryl/α,β-unsaturated/α-hetero) is 1. The van der Waals surface area contributed by atoms with Crippen molar-refractivity contribution in [2.45, 2.75) is 161 Å². The summed E-state index contributed by atoms with van der Waals surface area (Å²) in [4.78, 5) is 12.8. The van der Waals surface area contributed by atoms with Gasteiger partial charge in [0.25, 0.3) is 0 Å². The van der Waals surface area contributed by atoms with Crippen LogP contribution in [-0.2, 0) is 19.0 Å². The Morgan fingerprint density at radius 1 is 0.686 bits per heavy atom. The molecule has 5 heteroatoms. The van der Waals surface area contributed by atoms with Gasteiger partial charge in [0.1, 0.15) is 5.60 Å². The summed E-state index contributed by atoms with van der Waals surface area (Å²) in [5, 5.41) is 10.9. The lowest BCUT2D eigenvalue weighted by molar-refractivity contribution is -0.256. The molecule has 0 aromatic rings. The average molecular weight is 491 g/mol. The lowest BCUT2D eigenvalue weighted by Crippen LogP contribution is -2.61. The summed E-state index contributed by atoms with van der Waals surface area (Å²) in [6, 6.07) is 0. The fraction of sp³-hybridized carbons (Fsp3) is 0.967. The van der Waals surface area contributed by atoms with E-state index in [0.29, 0.717) is 12.3 Å². The topological polar surface area (TPSA) is 65.0 Å². The molecule has 5 aliphatic rings. The van der Waals surface area contributed by atoms with Crippen molar-refractivity contribution in [1.82, 2.24) is 0 Å². The van der Waals surface area contributed by atoms with E-state index < -0.39 is 17.3 Å². The number of ether oxygens (including phenoxy) is 3. The van der Waals surface area contributed by atoms with Gasteiger partial charge in [0.05, 0.1) is 35.6 Å². The van der Waals surface area contributed by atoms with Crippen LogP contribution in [0.25, 0.3) is 0 Å². The summed E-state index contributed by atoms with van der Waals surface area (Å²) in [5.41, 5.74) is -1.70. The minimum absolute atomic E-state index is 0.0325. The first-order valence-electron chi connectivity index (χ1n) is 14.4. The highest BCUT2D eigenvalue weighted by Gasteiger charge is 2.68. The van der Waals surface area contributed by atoms with Gasteiger partial charge in [-0.3, -0.25) is 4.79 Å². The van der Waals surface area contributed by atoms with Gasteiger partial charge in [-0.05, 0) is 91.4 Å². The fourth-order valence-corrected chi connectivity index (χ4v) is 9.19. The molecule has 9 atom stereocenters. The SMILES string of the molecule is C[C@H]1CC[C@@H]2OC(C)(C)C(O)CCC2(C)[C@]12CC[C@@H]([C@@]1(C)CCC3OC(C)(C)C(=O)CC[C@]31C)O2. The molecule has 2 aliphatic carbocycles. The third kappa shape index (κ3) is 3.50. The van der Waals surface area contributed by atoms with Gasteiger partial charge in [-0.25, -0.2) is 0 Å². The first kappa shape index (κ1) is 26.1. The Morgan fingerprint density at radius 2 is 1.26 bits per heavy atom. The second-order valence-corrected chi connectivity index (χ2v) is 14.6. The molecule has 3 unspecified atom stereocenters. The maximum atomic E-state index is 12.8. The predicted octanol–water partition coefficient (Wildman–Crippen LogP) is 5.99. The van der Waals surface area contributed by atoms with Gasteiger partial charge >= 0.3 is 0 Å². The summed E-state index contributed by atoms with van der Waals surface area (Å²) in [6.45, 7) is 17.6. The third-order valence-electron chi connectivity index (χ3n) is 12.3. The van der Waals surface area contributed by atoms with Crippen molar-refractivity contribution in [3.05, 3.63) is 0 Å². The van der Waals surface area contributed by atoms with E-state index in [9.17, 15) is 9.90 Å². The number of fused-ring (bicyclic) bond motifs is 3. The maximum Gasteiger partial charge on any atom is 0.164 e. The second kappa shape index (κ2) is 8.01. The van der Waals surface area contributed by atoms with E-state index in [1.54, 1.807) is 0 Å². The van der Waals surface area contributed by atoms with Crippen molar-refractivity contribution in [2.75, 3.05) is 0 Å². The fourth-order valence-electron chi connectivity index (χ4n) is 9.19. The van der Waals surface area contributed by atoms with Gasteiger partial charge in [0, 0.05) is 22.7 Å². The molecular formula is C30H50O5. The Kier molecular flexibility index (Phi) is 5.98. The van der Waals surface area contributed by atoms with Gasteiger partial charge in [-0.15, -0.1) is 0 Å². The Hall–Kier alpha value is -0.490. The molecule has 200 valence electrons. The van der Waals surface area contributed by atoms with Crippen LogP contribution >= 0.6 is 0 Å². The van der Waals surface area contributed by atoms with Crippen LogP contribution in [0.2, 0.25) is 0 Å². The monoisotopic (exact) mass is 490 g/mol. The highest BCUT2D eigenvalue weighted by molar-refractivity contribution is 5.86. The zero-order chi connectivity index (χ0) is 25.7.